The zero-order valence-electron chi connectivity index (χ0n) is 10.7. The van der Waals surface area contributed by atoms with Gasteiger partial charge in [0.1, 0.15) is 5.75 Å². The lowest BCUT2D eigenvalue weighted by atomic mass is 10.1. The number of carbonyl (C=O) groups excluding carboxylic acids is 1. The van der Waals surface area contributed by atoms with E-state index in [4.69, 9.17) is 4.74 Å². The van der Waals surface area contributed by atoms with Crippen molar-refractivity contribution in [2.24, 2.45) is 5.92 Å². The maximum atomic E-state index is 11.8. The Balaban J connectivity index is 2.00. The second-order valence-corrected chi connectivity index (χ2v) is 4.70. The van der Waals surface area contributed by atoms with Crippen LogP contribution in [-0.2, 0) is 11.2 Å². The van der Waals surface area contributed by atoms with Crippen LogP contribution in [0.1, 0.15) is 24.0 Å². The van der Waals surface area contributed by atoms with Gasteiger partial charge in [-0.1, -0.05) is 18.7 Å². The average Bonchev–Trinajstić information content (AvgIpc) is 3.20. The Bertz CT molecular complexity index is 450. The third kappa shape index (κ3) is 3.36. The summed E-state index contributed by atoms with van der Waals surface area (Å²) in [6.07, 6.45) is 4.62. The van der Waals surface area contributed by atoms with Gasteiger partial charge in [-0.25, -0.2) is 0 Å². The van der Waals surface area contributed by atoms with Crippen molar-refractivity contribution >= 4 is 12.0 Å². The molecule has 0 aliphatic heterocycles. The molecule has 1 aliphatic carbocycles. The Hall–Kier alpha value is -1.77. The van der Waals surface area contributed by atoms with Crippen molar-refractivity contribution < 1.29 is 9.53 Å². The highest BCUT2D eigenvalue weighted by Gasteiger charge is 2.21. The third-order valence-electron chi connectivity index (χ3n) is 3.18. The highest BCUT2D eigenvalue weighted by Crippen LogP contribution is 2.27. The summed E-state index contributed by atoms with van der Waals surface area (Å²) in [5.41, 5.74) is 1.91. The van der Waals surface area contributed by atoms with Crippen LogP contribution in [0, 0.1) is 5.92 Å². The van der Waals surface area contributed by atoms with Crippen molar-refractivity contribution in [3.63, 3.8) is 0 Å². The first-order valence-electron chi connectivity index (χ1n) is 6.29. The third-order valence-corrected chi connectivity index (χ3v) is 3.18. The number of benzene rings is 1. The molecule has 0 aromatic heterocycles. The van der Waals surface area contributed by atoms with Gasteiger partial charge in [-0.3, -0.25) is 4.79 Å². The van der Waals surface area contributed by atoms with Crippen molar-refractivity contribution in [2.75, 3.05) is 13.7 Å². The highest BCUT2D eigenvalue weighted by atomic mass is 16.5. The van der Waals surface area contributed by atoms with Gasteiger partial charge in [-0.05, 0) is 36.5 Å². The number of nitrogens with one attached hydrogen (secondary N) is 1. The van der Waals surface area contributed by atoms with Crippen LogP contribution in [0.25, 0.3) is 6.08 Å². The molecule has 3 nitrogen and oxygen atoms in total. The Morgan fingerprint density at radius 3 is 2.94 bits per heavy atom. The molecule has 0 spiro atoms. The minimum Gasteiger partial charge on any atom is -0.496 e. The minimum absolute atomic E-state index is 0.0569. The Morgan fingerprint density at radius 2 is 2.33 bits per heavy atom. The zero-order chi connectivity index (χ0) is 13.0. The van der Waals surface area contributed by atoms with E-state index in [2.05, 4.69) is 11.9 Å². The van der Waals surface area contributed by atoms with Crippen molar-refractivity contribution in [3.05, 3.63) is 35.9 Å². The van der Waals surface area contributed by atoms with Crippen molar-refractivity contribution in [1.29, 1.82) is 0 Å². The molecular formula is C15H19NO2. The molecule has 96 valence electrons. The molecule has 0 saturated heterocycles. The molecule has 1 fully saturated rings. The fourth-order valence-corrected chi connectivity index (χ4v) is 1.88. The Labute approximate surface area is 108 Å². The van der Waals surface area contributed by atoms with Gasteiger partial charge in [0.15, 0.2) is 0 Å². The summed E-state index contributed by atoms with van der Waals surface area (Å²) in [6, 6.07) is 5.75. The van der Waals surface area contributed by atoms with Gasteiger partial charge in [0.25, 0.3) is 0 Å². The minimum atomic E-state index is 0.0569. The van der Waals surface area contributed by atoms with E-state index in [0.29, 0.717) is 12.3 Å². The average molecular weight is 245 g/mol. The molecule has 0 radical (unpaired) electrons. The first-order valence-corrected chi connectivity index (χ1v) is 6.29. The second kappa shape index (κ2) is 5.71. The summed E-state index contributed by atoms with van der Waals surface area (Å²) < 4.78 is 5.27. The maximum Gasteiger partial charge on any atom is 0.224 e. The smallest absolute Gasteiger partial charge is 0.224 e. The molecule has 1 aromatic rings. The van der Waals surface area contributed by atoms with Gasteiger partial charge in [-0.2, -0.15) is 0 Å². The first kappa shape index (κ1) is 12.7. The quantitative estimate of drug-likeness (QED) is 0.835. The summed E-state index contributed by atoms with van der Waals surface area (Å²) in [7, 11) is 1.62. The topological polar surface area (TPSA) is 38.3 Å². The van der Waals surface area contributed by atoms with E-state index in [0.717, 1.165) is 23.4 Å². The summed E-state index contributed by atoms with van der Waals surface area (Å²) in [5.74, 6) is 1.51. The van der Waals surface area contributed by atoms with Crippen molar-refractivity contribution in [1.82, 2.24) is 5.32 Å². The molecular weight excluding hydrogens is 226 g/mol. The van der Waals surface area contributed by atoms with Crippen LogP contribution < -0.4 is 10.1 Å². The van der Waals surface area contributed by atoms with Gasteiger partial charge in [0.05, 0.1) is 13.5 Å². The van der Waals surface area contributed by atoms with Gasteiger partial charge in [0.2, 0.25) is 5.91 Å². The summed E-state index contributed by atoms with van der Waals surface area (Å²) in [6.45, 7) is 4.54. The largest absolute Gasteiger partial charge is 0.496 e. The molecule has 1 aromatic carbocycles. The predicted molar refractivity (Wildman–Crippen MR) is 72.5 cm³/mol. The van der Waals surface area contributed by atoms with Crippen LogP contribution in [0.15, 0.2) is 24.8 Å². The molecule has 0 atom stereocenters. The number of hydrogen-bond acceptors (Lipinski definition) is 2. The molecule has 18 heavy (non-hydrogen) atoms. The molecule has 0 heterocycles. The molecule has 1 saturated carbocycles. The second-order valence-electron chi connectivity index (χ2n) is 4.70. The van der Waals surface area contributed by atoms with Gasteiger partial charge in [0, 0.05) is 12.1 Å². The van der Waals surface area contributed by atoms with Crippen molar-refractivity contribution in [2.45, 2.75) is 19.3 Å². The first-order chi connectivity index (χ1) is 8.72. The van der Waals surface area contributed by atoms with Crippen LogP contribution >= 0.6 is 0 Å². The molecule has 2 rings (SSSR count). The number of rotatable bonds is 6. The molecule has 1 N–H and O–H groups in total. The summed E-state index contributed by atoms with van der Waals surface area (Å²) >= 11 is 0. The fraction of sp³-hybridized carbons (Fsp3) is 0.400. The number of amides is 1. The van der Waals surface area contributed by atoms with E-state index in [9.17, 15) is 4.79 Å². The number of carbonyl (C=O) groups is 1. The van der Waals surface area contributed by atoms with E-state index < -0.39 is 0 Å². The van der Waals surface area contributed by atoms with E-state index >= 15 is 0 Å². The Kier molecular flexibility index (Phi) is 4.03. The fourth-order valence-electron chi connectivity index (χ4n) is 1.88. The molecule has 0 unspecified atom stereocenters. The van der Waals surface area contributed by atoms with Crippen LogP contribution in [0.4, 0.5) is 0 Å². The number of ether oxygens (including phenoxy) is 1. The summed E-state index contributed by atoms with van der Waals surface area (Å²) in [5, 5.41) is 2.96. The molecule has 1 aliphatic rings. The number of hydrogen-bond donors (Lipinski definition) is 1. The van der Waals surface area contributed by atoms with Crippen LogP contribution in [0.5, 0.6) is 5.75 Å². The lowest BCUT2D eigenvalue weighted by Gasteiger charge is -2.10. The SMILES string of the molecule is C=Cc1ccc(OC)c(CC(=O)NCC2CC2)c1. The van der Waals surface area contributed by atoms with Crippen LogP contribution in [0.2, 0.25) is 0 Å². The van der Waals surface area contributed by atoms with Crippen LogP contribution in [0.3, 0.4) is 0 Å². The van der Waals surface area contributed by atoms with E-state index in [1.54, 1.807) is 13.2 Å². The van der Waals surface area contributed by atoms with Crippen molar-refractivity contribution in [3.8, 4) is 5.75 Å². The van der Waals surface area contributed by atoms with Gasteiger partial charge in [-0.15, -0.1) is 0 Å². The summed E-state index contributed by atoms with van der Waals surface area (Å²) in [4.78, 5) is 11.8. The Morgan fingerprint density at radius 1 is 1.56 bits per heavy atom. The monoisotopic (exact) mass is 245 g/mol. The zero-order valence-corrected chi connectivity index (χ0v) is 10.7. The van der Waals surface area contributed by atoms with Crippen LogP contribution in [-0.4, -0.2) is 19.6 Å². The van der Waals surface area contributed by atoms with E-state index in [1.165, 1.54) is 12.8 Å². The normalized spacial score (nSPS) is 14.1. The lowest BCUT2D eigenvalue weighted by molar-refractivity contribution is -0.120. The lowest BCUT2D eigenvalue weighted by Crippen LogP contribution is -2.27. The number of methoxy groups -OCH3 is 1. The maximum absolute atomic E-state index is 11.8. The van der Waals surface area contributed by atoms with Gasteiger partial charge >= 0.3 is 0 Å². The highest BCUT2D eigenvalue weighted by molar-refractivity contribution is 5.79. The van der Waals surface area contributed by atoms with E-state index in [-0.39, 0.29) is 5.91 Å². The molecule has 0 bridgehead atoms. The molecule has 1 amide bonds. The predicted octanol–water partition coefficient (Wildman–Crippen LogP) is 2.41. The standard InChI is InChI=1S/C15H19NO2/c1-3-11-6-7-14(18-2)13(8-11)9-15(17)16-10-12-4-5-12/h3,6-8,12H,1,4-5,9-10H2,2H3,(H,16,17). The van der Waals surface area contributed by atoms with Gasteiger partial charge < -0.3 is 10.1 Å². The van der Waals surface area contributed by atoms with E-state index in [1.807, 2.05) is 18.2 Å². The molecule has 3 heteroatoms.